The van der Waals surface area contributed by atoms with Gasteiger partial charge in [0.2, 0.25) is 6.29 Å². The van der Waals surface area contributed by atoms with Crippen LogP contribution >= 0.6 is 0 Å². The summed E-state index contributed by atoms with van der Waals surface area (Å²) < 4.78 is 11.7. The molecule has 0 aromatic heterocycles. The molecule has 5 nitrogen and oxygen atoms in total. The van der Waals surface area contributed by atoms with E-state index in [9.17, 15) is 4.79 Å². The lowest BCUT2D eigenvalue weighted by Crippen LogP contribution is -2.44. The monoisotopic (exact) mass is 325 g/mol. The molecule has 1 fully saturated rings. The van der Waals surface area contributed by atoms with Crippen molar-refractivity contribution in [2.24, 2.45) is 17.8 Å². The smallest absolute Gasteiger partial charge is 0.286 e. The van der Waals surface area contributed by atoms with Gasteiger partial charge in [-0.15, -0.1) is 0 Å². The summed E-state index contributed by atoms with van der Waals surface area (Å²) in [5, 5.41) is 12.2. The Balaban J connectivity index is 2.13. The fourth-order valence-corrected chi connectivity index (χ4v) is 3.33. The molecule has 1 aliphatic carbocycles. The highest BCUT2D eigenvalue weighted by molar-refractivity contribution is 5.91. The zero-order valence-corrected chi connectivity index (χ0v) is 14.6. The molecule has 0 aromatic rings. The number of rotatable bonds is 8. The normalized spacial score (nSPS) is 28.0. The fourth-order valence-electron chi connectivity index (χ4n) is 3.33. The van der Waals surface area contributed by atoms with Crippen LogP contribution in [0.25, 0.3) is 0 Å². The molecule has 0 radical (unpaired) electrons. The average Bonchev–Trinajstić information content (AvgIpc) is 2.48. The summed E-state index contributed by atoms with van der Waals surface area (Å²) in [6.07, 6.45) is 6.41. The Labute approximate surface area is 139 Å². The molecule has 23 heavy (non-hydrogen) atoms. The van der Waals surface area contributed by atoms with Crippen LogP contribution in [0.4, 0.5) is 0 Å². The van der Waals surface area contributed by atoms with Gasteiger partial charge >= 0.3 is 0 Å². The highest BCUT2D eigenvalue weighted by Gasteiger charge is 2.38. The van der Waals surface area contributed by atoms with Crippen LogP contribution in [0.1, 0.15) is 52.9 Å². The molecule has 132 valence electrons. The van der Waals surface area contributed by atoms with Gasteiger partial charge in [-0.25, -0.2) is 0 Å². The highest BCUT2D eigenvalue weighted by atomic mass is 16.7. The molecule has 0 saturated heterocycles. The zero-order chi connectivity index (χ0) is 16.8. The molecule has 1 saturated carbocycles. The molecule has 1 heterocycles. The second-order valence-corrected chi connectivity index (χ2v) is 6.92. The summed E-state index contributed by atoms with van der Waals surface area (Å²) in [5.41, 5.74) is 0. The standard InChI is InChI=1S/C18H31NO4/c1-4-22-18-14(9-6-10-20)15(12(2)3)11-16(23-18)17(21)19-13-7-5-8-13/h11-15,18,20H,4-10H2,1-3H3,(H,19,21)/t14-,15-,18-/m1/s1. The number of ether oxygens (including phenoxy) is 2. The Morgan fingerprint density at radius 2 is 2.22 bits per heavy atom. The molecule has 0 bridgehead atoms. The maximum Gasteiger partial charge on any atom is 0.286 e. The summed E-state index contributed by atoms with van der Waals surface area (Å²) in [6.45, 7) is 6.95. The highest BCUT2D eigenvalue weighted by Crippen LogP contribution is 2.37. The van der Waals surface area contributed by atoms with Crippen molar-refractivity contribution in [3.63, 3.8) is 0 Å². The SMILES string of the molecule is CCO[C@@H]1OC(C(=O)NC2CCC2)=C[C@H](C(C)C)[C@H]1CCCO. The third-order valence-corrected chi connectivity index (χ3v) is 4.89. The van der Waals surface area contributed by atoms with Crippen LogP contribution in [0.3, 0.4) is 0 Å². The van der Waals surface area contributed by atoms with E-state index in [2.05, 4.69) is 19.2 Å². The van der Waals surface area contributed by atoms with Gasteiger partial charge in [-0.1, -0.05) is 13.8 Å². The van der Waals surface area contributed by atoms with Crippen molar-refractivity contribution in [3.8, 4) is 0 Å². The van der Waals surface area contributed by atoms with E-state index in [1.165, 1.54) is 6.42 Å². The Hall–Kier alpha value is -1.07. The number of nitrogens with one attached hydrogen (secondary N) is 1. The summed E-state index contributed by atoms with van der Waals surface area (Å²) in [5.74, 6) is 1.05. The molecule has 2 rings (SSSR count). The molecule has 1 aliphatic heterocycles. The van der Waals surface area contributed by atoms with E-state index in [0.717, 1.165) is 25.7 Å². The van der Waals surface area contributed by atoms with E-state index in [-0.39, 0.29) is 24.3 Å². The van der Waals surface area contributed by atoms with Gasteiger partial charge < -0.3 is 19.9 Å². The van der Waals surface area contributed by atoms with Crippen molar-refractivity contribution in [2.45, 2.75) is 65.2 Å². The lowest BCUT2D eigenvalue weighted by atomic mass is 9.78. The minimum absolute atomic E-state index is 0.120. The average molecular weight is 325 g/mol. The second kappa shape index (κ2) is 8.69. The topological polar surface area (TPSA) is 67.8 Å². The largest absolute Gasteiger partial charge is 0.459 e. The van der Waals surface area contributed by atoms with E-state index in [0.29, 0.717) is 24.3 Å². The van der Waals surface area contributed by atoms with Gasteiger partial charge in [0.1, 0.15) is 0 Å². The molecule has 3 atom stereocenters. The Kier molecular flexibility index (Phi) is 6.90. The zero-order valence-electron chi connectivity index (χ0n) is 14.6. The van der Waals surface area contributed by atoms with Gasteiger partial charge in [-0.05, 0) is 56.9 Å². The first-order chi connectivity index (χ1) is 11.1. The second-order valence-electron chi connectivity index (χ2n) is 6.92. The van der Waals surface area contributed by atoms with E-state index >= 15 is 0 Å². The van der Waals surface area contributed by atoms with Crippen molar-refractivity contribution in [2.75, 3.05) is 13.2 Å². The van der Waals surface area contributed by atoms with Crippen molar-refractivity contribution >= 4 is 5.91 Å². The Bertz CT molecular complexity index is 417. The quantitative estimate of drug-likeness (QED) is 0.720. The lowest BCUT2D eigenvalue weighted by Gasteiger charge is -2.39. The first-order valence-corrected chi connectivity index (χ1v) is 8.98. The first kappa shape index (κ1) is 18.3. The number of aliphatic hydroxyl groups excluding tert-OH is 1. The molecular weight excluding hydrogens is 294 g/mol. The molecule has 0 spiro atoms. The molecule has 0 unspecified atom stereocenters. The van der Waals surface area contributed by atoms with Gasteiger partial charge in [-0.3, -0.25) is 4.79 Å². The third kappa shape index (κ3) is 4.70. The molecular formula is C18H31NO4. The minimum Gasteiger partial charge on any atom is -0.459 e. The van der Waals surface area contributed by atoms with Gasteiger partial charge in [0.15, 0.2) is 5.76 Å². The lowest BCUT2D eigenvalue weighted by molar-refractivity contribution is -0.175. The number of carbonyl (C=O) groups is 1. The van der Waals surface area contributed by atoms with Gasteiger partial charge in [-0.2, -0.15) is 0 Å². The maximum atomic E-state index is 12.4. The predicted molar refractivity (Wildman–Crippen MR) is 88.5 cm³/mol. The minimum atomic E-state index is -0.411. The molecule has 1 amide bonds. The maximum absolute atomic E-state index is 12.4. The van der Waals surface area contributed by atoms with Gasteiger partial charge in [0, 0.05) is 25.2 Å². The number of hydrogen-bond donors (Lipinski definition) is 2. The van der Waals surface area contributed by atoms with Crippen LogP contribution < -0.4 is 5.32 Å². The van der Waals surface area contributed by atoms with E-state index in [4.69, 9.17) is 14.6 Å². The molecule has 2 aliphatic rings. The number of amides is 1. The summed E-state index contributed by atoms with van der Waals surface area (Å²) >= 11 is 0. The fraction of sp³-hybridized carbons (Fsp3) is 0.833. The molecule has 5 heteroatoms. The van der Waals surface area contributed by atoms with Crippen molar-refractivity contribution in [3.05, 3.63) is 11.8 Å². The third-order valence-electron chi connectivity index (χ3n) is 4.89. The predicted octanol–water partition coefficient (Wildman–Crippen LogP) is 2.59. The van der Waals surface area contributed by atoms with Gasteiger partial charge in [0.05, 0.1) is 0 Å². The van der Waals surface area contributed by atoms with Crippen LogP contribution in [-0.2, 0) is 14.3 Å². The van der Waals surface area contributed by atoms with Crippen LogP contribution in [0.2, 0.25) is 0 Å². The number of aliphatic hydroxyl groups is 1. The number of allylic oxidation sites excluding steroid dienone is 1. The van der Waals surface area contributed by atoms with Crippen LogP contribution in [-0.4, -0.2) is 36.6 Å². The Morgan fingerprint density at radius 3 is 2.74 bits per heavy atom. The van der Waals surface area contributed by atoms with Crippen molar-refractivity contribution in [1.29, 1.82) is 0 Å². The van der Waals surface area contributed by atoms with Crippen molar-refractivity contribution in [1.82, 2.24) is 5.32 Å². The van der Waals surface area contributed by atoms with Crippen LogP contribution in [0.5, 0.6) is 0 Å². The van der Waals surface area contributed by atoms with Crippen LogP contribution in [0, 0.1) is 17.8 Å². The summed E-state index contributed by atoms with van der Waals surface area (Å²) in [6, 6.07) is 0.294. The van der Waals surface area contributed by atoms with E-state index in [1.807, 2.05) is 13.0 Å². The number of carbonyl (C=O) groups excluding carboxylic acids is 1. The molecule has 2 N–H and O–H groups in total. The van der Waals surface area contributed by atoms with E-state index in [1.54, 1.807) is 0 Å². The molecule has 0 aromatic carbocycles. The number of hydrogen-bond acceptors (Lipinski definition) is 4. The van der Waals surface area contributed by atoms with Gasteiger partial charge in [0.25, 0.3) is 5.91 Å². The van der Waals surface area contributed by atoms with Crippen molar-refractivity contribution < 1.29 is 19.4 Å². The summed E-state index contributed by atoms with van der Waals surface area (Å²) in [4.78, 5) is 12.4. The summed E-state index contributed by atoms with van der Waals surface area (Å²) in [7, 11) is 0. The Morgan fingerprint density at radius 1 is 1.48 bits per heavy atom. The van der Waals surface area contributed by atoms with E-state index < -0.39 is 6.29 Å². The first-order valence-electron chi connectivity index (χ1n) is 8.98. The van der Waals surface area contributed by atoms with Crippen LogP contribution in [0.15, 0.2) is 11.8 Å².